The van der Waals surface area contributed by atoms with Crippen molar-refractivity contribution < 1.29 is 9.63 Å². The summed E-state index contributed by atoms with van der Waals surface area (Å²) in [5, 5.41) is 4.16. The standard InChI is InChI=1S/C21H21NO2/c1-16-11-13-18(14-12-16)21(23)24-22-20-10-6-5-9-19(20)15-17-7-3-2-4-8-17/h2-4,7-8,11-15H,5-6,9-10H2,1H3/b19-15+,22-20-. The fourth-order valence-electron chi connectivity index (χ4n) is 2.76. The Morgan fingerprint density at radius 1 is 1.00 bits per heavy atom. The Hall–Kier alpha value is -2.68. The monoisotopic (exact) mass is 319 g/mol. The first kappa shape index (κ1) is 16.2. The van der Waals surface area contributed by atoms with Crippen LogP contribution < -0.4 is 0 Å². The van der Waals surface area contributed by atoms with Crippen molar-refractivity contribution in [3.8, 4) is 0 Å². The summed E-state index contributed by atoms with van der Waals surface area (Å²) in [5.74, 6) is -0.410. The average Bonchev–Trinajstić information content (AvgIpc) is 2.62. The lowest BCUT2D eigenvalue weighted by molar-refractivity contribution is 0.0515. The van der Waals surface area contributed by atoms with Crippen molar-refractivity contribution in [3.63, 3.8) is 0 Å². The number of nitrogens with zero attached hydrogens (tertiary/aromatic N) is 1. The zero-order valence-corrected chi connectivity index (χ0v) is 13.9. The Kier molecular flexibility index (Phi) is 5.22. The quantitative estimate of drug-likeness (QED) is 0.578. The van der Waals surface area contributed by atoms with Gasteiger partial charge >= 0.3 is 5.97 Å². The van der Waals surface area contributed by atoms with Crippen LogP contribution in [0.5, 0.6) is 0 Å². The summed E-state index contributed by atoms with van der Waals surface area (Å²) in [5.41, 5.74) is 4.81. The maximum absolute atomic E-state index is 12.1. The number of oxime groups is 1. The zero-order valence-electron chi connectivity index (χ0n) is 13.9. The molecule has 1 saturated carbocycles. The molecule has 0 spiro atoms. The van der Waals surface area contributed by atoms with Gasteiger partial charge in [-0.25, -0.2) is 4.79 Å². The molecule has 3 nitrogen and oxygen atoms in total. The van der Waals surface area contributed by atoms with E-state index in [0.29, 0.717) is 5.56 Å². The van der Waals surface area contributed by atoms with Crippen molar-refractivity contribution in [1.29, 1.82) is 0 Å². The van der Waals surface area contributed by atoms with Gasteiger partial charge in [-0.15, -0.1) is 0 Å². The molecule has 0 unspecified atom stereocenters. The molecule has 0 saturated heterocycles. The van der Waals surface area contributed by atoms with Crippen molar-refractivity contribution in [2.75, 3.05) is 0 Å². The molecule has 1 aliphatic carbocycles. The highest BCUT2D eigenvalue weighted by Crippen LogP contribution is 2.23. The van der Waals surface area contributed by atoms with E-state index in [1.54, 1.807) is 12.1 Å². The lowest BCUT2D eigenvalue weighted by Gasteiger charge is -2.16. The number of benzene rings is 2. The van der Waals surface area contributed by atoms with Crippen LogP contribution in [0.25, 0.3) is 6.08 Å². The summed E-state index contributed by atoms with van der Waals surface area (Å²) in [7, 11) is 0. The number of allylic oxidation sites excluding steroid dienone is 1. The number of rotatable bonds is 3. The van der Waals surface area contributed by atoms with Crippen molar-refractivity contribution >= 4 is 17.8 Å². The molecule has 0 N–H and O–H groups in total. The summed E-state index contributed by atoms with van der Waals surface area (Å²) in [6.07, 6.45) is 6.17. The molecule has 1 aliphatic rings. The zero-order chi connectivity index (χ0) is 16.8. The van der Waals surface area contributed by atoms with E-state index in [2.05, 4.69) is 23.4 Å². The Balaban J connectivity index is 1.75. The minimum Gasteiger partial charge on any atom is -0.313 e. The van der Waals surface area contributed by atoms with Crippen LogP contribution in [0, 0.1) is 6.92 Å². The summed E-state index contributed by atoms with van der Waals surface area (Å²) >= 11 is 0. The second-order valence-corrected chi connectivity index (χ2v) is 6.07. The predicted molar refractivity (Wildman–Crippen MR) is 96.9 cm³/mol. The van der Waals surface area contributed by atoms with E-state index in [1.807, 2.05) is 37.3 Å². The van der Waals surface area contributed by atoms with E-state index < -0.39 is 5.97 Å². The molecular weight excluding hydrogens is 298 g/mol. The fraction of sp³-hybridized carbons (Fsp3) is 0.238. The van der Waals surface area contributed by atoms with Crippen molar-refractivity contribution in [1.82, 2.24) is 0 Å². The number of hydrogen-bond acceptors (Lipinski definition) is 3. The molecule has 0 bridgehead atoms. The van der Waals surface area contributed by atoms with Crippen LogP contribution in [0.1, 0.15) is 47.2 Å². The molecule has 1 fully saturated rings. The van der Waals surface area contributed by atoms with Crippen molar-refractivity contribution in [3.05, 3.63) is 76.9 Å². The van der Waals surface area contributed by atoms with Gasteiger partial charge in [-0.05, 0) is 62.0 Å². The van der Waals surface area contributed by atoms with Crippen LogP contribution >= 0.6 is 0 Å². The lowest BCUT2D eigenvalue weighted by atomic mass is 9.91. The van der Waals surface area contributed by atoms with Gasteiger partial charge in [0.25, 0.3) is 0 Å². The first-order chi connectivity index (χ1) is 11.7. The predicted octanol–water partition coefficient (Wildman–Crippen LogP) is 5.17. The molecule has 0 aliphatic heterocycles. The van der Waals surface area contributed by atoms with E-state index in [1.165, 1.54) is 0 Å². The van der Waals surface area contributed by atoms with Crippen LogP contribution in [-0.4, -0.2) is 11.7 Å². The molecule has 0 aromatic heterocycles. The molecule has 0 radical (unpaired) electrons. The normalized spacial score (nSPS) is 17.9. The minimum absolute atomic E-state index is 0.410. The van der Waals surface area contributed by atoms with Crippen LogP contribution in [-0.2, 0) is 4.84 Å². The highest BCUT2D eigenvalue weighted by atomic mass is 16.7. The second-order valence-electron chi connectivity index (χ2n) is 6.07. The minimum atomic E-state index is -0.410. The van der Waals surface area contributed by atoms with Gasteiger partial charge in [-0.1, -0.05) is 53.2 Å². The van der Waals surface area contributed by atoms with Gasteiger partial charge in [0.2, 0.25) is 0 Å². The third kappa shape index (κ3) is 4.19. The Labute approximate surface area is 142 Å². The number of carbonyl (C=O) groups excluding carboxylic acids is 1. The SMILES string of the molecule is Cc1ccc(C(=O)O/N=C2/CCCC/C2=C\c2ccccc2)cc1. The van der Waals surface area contributed by atoms with Crippen LogP contribution in [0.3, 0.4) is 0 Å². The number of hydrogen-bond donors (Lipinski definition) is 0. The molecule has 2 aromatic rings. The van der Waals surface area contributed by atoms with Gasteiger partial charge in [0, 0.05) is 0 Å². The van der Waals surface area contributed by atoms with Crippen molar-refractivity contribution in [2.24, 2.45) is 5.16 Å². The molecule has 122 valence electrons. The van der Waals surface area contributed by atoms with E-state index in [0.717, 1.165) is 48.1 Å². The van der Waals surface area contributed by atoms with Gasteiger partial charge in [0.05, 0.1) is 11.3 Å². The Morgan fingerprint density at radius 3 is 2.46 bits per heavy atom. The summed E-state index contributed by atoms with van der Waals surface area (Å²) in [4.78, 5) is 17.3. The van der Waals surface area contributed by atoms with Gasteiger partial charge in [-0.3, -0.25) is 0 Å². The van der Waals surface area contributed by atoms with Gasteiger partial charge in [0.15, 0.2) is 0 Å². The lowest BCUT2D eigenvalue weighted by Crippen LogP contribution is -2.11. The van der Waals surface area contributed by atoms with Crippen LogP contribution in [0.15, 0.2) is 65.3 Å². The third-order valence-electron chi connectivity index (χ3n) is 4.15. The van der Waals surface area contributed by atoms with Crippen LogP contribution in [0.4, 0.5) is 0 Å². The third-order valence-corrected chi connectivity index (χ3v) is 4.15. The fourth-order valence-corrected chi connectivity index (χ4v) is 2.76. The van der Waals surface area contributed by atoms with E-state index in [9.17, 15) is 4.79 Å². The molecule has 0 heterocycles. The first-order valence-electron chi connectivity index (χ1n) is 8.33. The van der Waals surface area contributed by atoms with E-state index >= 15 is 0 Å². The smallest absolute Gasteiger partial charge is 0.313 e. The highest BCUT2D eigenvalue weighted by Gasteiger charge is 2.15. The largest absolute Gasteiger partial charge is 0.365 e. The molecule has 0 atom stereocenters. The molecule has 0 amide bonds. The highest BCUT2D eigenvalue weighted by molar-refractivity contribution is 6.04. The summed E-state index contributed by atoms with van der Waals surface area (Å²) in [6, 6.07) is 17.5. The molecule has 3 rings (SSSR count). The van der Waals surface area contributed by atoms with Gasteiger partial charge < -0.3 is 4.84 Å². The van der Waals surface area contributed by atoms with E-state index in [4.69, 9.17) is 4.84 Å². The first-order valence-corrected chi connectivity index (χ1v) is 8.33. The molecule has 2 aromatic carbocycles. The maximum atomic E-state index is 12.1. The van der Waals surface area contributed by atoms with Crippen molar-refractivity contribution in [2.45, 2.75) is 32.6 Å². The summed E-state index contributed by atoms with van der Waals surface area (Å²) in [6.45, 7) is 1.98. The molecule has 24 heavy (non-hydrogen) atoms. The maximum Gasteiger partial charge on any atom is 0.365 e. The second kappa shape index (κ2) is 7.73. The molecular formula is C21H21NO2. The molecule has 3 heteroatoms. The Bertz CT molecular complexity index is 758. The summed E-state index contributed by atoms with van der Waals surface area (Å²) < 4.78 is 0. The van der Waals surface area contributed by atoms with Crippen LogP contribution in [0.2, 0.25) is 0 Å². The van der Waals surface area contributed by atoms with Gasteiger partial charge in [-0.2, -0.15) is 0 Å². The average molecular weight is 319 g/mol. The Morgan fingerprint density at radius 2 is 1.71 bits per heavy atom. The van der Waals surface area contributed by atoms with Gasteiger partial charge in [0.1, 0.15) is 0 Å². The van der Waals surface area contributed by atoms with E-state index in [-0.39, 0.29) is 0 Å². The number of carbonyl (C=O) groups is 1. The topological polar surface area (TPSA) is 38.7 Å². The number of aryl methyl sites for hydroxylation is 1.